The number of para-hydroxylation sites is 2. The van der Waals surface area contributed by atoms with Crippen molar-refractivity contribution in [2.45, 2.75) is 0 Å². The predicted octanol–water partition coefficient (Wildman–Crippen LogP) is 1.41. The Labute approximate surface area is 162 Å². The Bertz CT molecular complexity index is 700. The molecule has 0 bridgehead atoms. The van der Waals surface area contributed by atoms with Gasteiger partial charge in [0, 0.05) is 11.4 Å². The van der Waals surface area contributed by atoms with Gasteiger partial charge in [0.05, 0.1) is 0 Å². The van der Waals surface area contributed by atoms with E-state index in [0.717, 1.165) is 11.4 Å². The van der Waals surface area contributed by atoms with E-state index in [9.17, 15) is 4.79 Å². The maximum absolute atomic E-state index is 10.2. The molecule has 0 saturated heterocycles. The van der Waals surface area contributed by atoms with Crippen molar-refractivity contribution in [3.63, 3.8) is 0 Å². The third kappa shape index (κ3) is 10.2. The first-order valence-corrected chi connectivity index (χ1v) is 8.22. The molecule has 8 nitrogen and oxygen atoms in total. The van der Waals surface area contributed by atoms with Gasteiger partial charge in [0.1, 0.15) is 6.54 Å². The lowest BCUT2D eigenvalue weighted by atomic mass is 10.3. The maximum Gasteiger partial charge on any atom is 0.319 e. The van der Waals surface area contributed by atoms with Gasteiger partial charge in [0.2, 0.25) is 0 Å². The van der Waals surface area contributed by atoms with Crippen LogP contribution in [-0.2, 0) is 4.79 Å². The number of hydrogen-bond donors (Lipinski definition) is 7. The average Bonchev–Trinajstić information content (AvgIpc) is 2.63. The second-order valence-electron chi connectivity index (χ2n) is 4.66. The first-order valence-electron chi connectivity index (χ1n) is 7.40. The maximum atomic E-state index is 10.2. The Morgan fingerprint density at radius 3 is 1.77 bits per heavy atom. The van der Waals surface area contributed by atoms with Crippen LogP contribution in [0.4, 0.5) is 11.4 Å². The molecule has 10 heteroatoms. The van der Waals surface area contributed by atoms with Crippen LogP contribution in [0.3, 0.4) is 0 Å². The van der Waals surface area contributed by atoms with Crippen LogP contribution in [0.15, 0.2) is 60.7 Å². The van der Waals surface area contributed by atoms with Crippen LogP contribution in [-0.4, -0.2) is 27.8 Å². The van der Waals surface area contributed by atoms with Gasteiger partial charge in [-0.25, -0.2) is 11.3 Å². The minimum atomic E-state index is -0.954. The molecule has 0 radical (unpaired) electrons. The van der Waals surface area contributed by atoms with E-state index in [1.807, 2.05) is 60.7 Å². The van der Waals surface area contributed by atoms with Crippen molar-refractivity contribution in [2.24, 2.45) is 5.84 Å². The van der Waals surface area contributed by atoms with E-state index in [-0.39, 0.29) is 6.54 Å². The molecule has 0 spiro atoms. The van der Waals surface area contributed by atoms with Crippen molar-refractivity contribution < 1.29 is 9.90 Å². The smallest absolute Gasteiger partial charge is 0.319 e. The van der Waals surface area contributed by atoms with Crippen LogP contribution in [0.2, 0.25) is 0 Å². The number of thiocarbonyl (C=S) groups is 2. The number of carboxylic acids is 1. The number of carbonyl (C=O) groups is 1. The molecule has 2 aromatic carbocycles. The van der Waals surface area contributed by atoms with Gasteiger partial charge in [-0.15, -0.1) is 0 Å². The van der Waals surface area contributed by atoms with E-state index in [1.165, 1.54) is 0 Å². The number of benzene rings is 2. The summed E-state index contributed by atoms with van der Waals surface area (Å²) < 4.78 is 0. The molecule has 0 aliphatic carbocycles. The van der Waals surface area contributed by atoms with E-state index in [4.69, 9.17) is 35.4 Å². The highest BCUT2D eigenvalue weighted by molar-refractivity contribution is 7.80. The number of rotatable bonds is 5. The SMILES string of the molecule is NNC(=S)Nc1ccccc1.O=C(O)CNNC(=S)Nc1ccccc1. The standard InChI is InChI=1S/C9H11N3O2S.C7H9N3S/c13-8(14)6-10-12-9(15)11-7-4-2-1-3-5-7;8-10-7(11)9-6-4-2-1-3-5-6/h1-5,10H,6H2,(H,13,14)(H2,11,12,15);1-5H,8H2,(H2,9,10,11). The van der Waals surface area contributed by atoms with Gasteiger partial charge in [0.25, 0.3) is 0 Å². The summed E-state index contributed by atoms with van der Waals surface area (Å²) in [5, 5.41) is 14.9. The van der Waals surface area contributed by atoms with Crippen molar-refractivity contribution in [1.82, 2.24) is 16.3 Å². The Morgan fingerprint density at radius 2 is 1.35 bits per heavy atom. The fourth-order valence-corrected chi connectivity index (χ4v) is 1.88. The molecule has 0 fully saturated rings. The van der Waals surface area contributed by atoms with E-state index in [1.54, 1.807) is 0 Å². The van der Waals surface area contributed by atoms with Crippen molar-refractivity contribution >= 4 is 52.0 Å². The topological polar surface area (TPSA) is 123 Å². The van der Waals surface area contributed by atoms with Crippen LogP contribution >= 0.6 is 24.4 Å². The zero-order valence-electron chi connectivity index (χ0n) is 13.7. The highest BCUT2D eigenvalue weighted by Crippen LogP contribution is 2.04. The molecule has 2 rings (SSSR count). The first kappa shape index (κ1) is 21.3. The van der Waals surface area contributed by atoms with Gasteiger partial charge in [0.15, 0.2) is 10.2 Å². The van der Waals surface area contributed by atoms with Gasteiger partial charge in [-0.05, 0) is 48.7 Å². The normalized spacial score (nSPS) is 9.12. The number of anilines is 2. The van der Waals surface area contributed by atoms with Crippen molar-refractivity contribution in [1.29, 1.82) is 0 Å². The zero-order chi connectivity index (χ0) is 19.2. The number of hydrazine groups is 2. The van der Waals surface area contributed by atoms with E-state index < -0.39 is 5.97 Å². The number of hydrogen-bond acceptors (Lipinski definition) is 5. The molecule has 0 aliphatic rings. The third-order valence-corrected chi connectivity index (χ3v) is 3.06. The van der Waals surface area contributed by atoms with Crippen LogP contribution in [0.1, 0.15) is 0 Å². The highest BCUT2D eigenvalue weighted by atomic mass is 32.1. The second kappa shape index (κ2) is 12.6. The number of carboxylic acid groups (broad SMARTS) is 1. The Balaban J connectivity index is 0.000000273. The highest BCUT2D eigenvalue weighted by Gasteiger charge is 1.97. The summed E-state index contributed by atoms with van der Waals surface area (Å²) in [6.07, 6.45) is 0. The van der Waals surface area contributed by atoms with E-state index >= 15 is 0 Å². The lowest BCUT2D eigenvalue weighted by Gasteiger charge is -2.09. The molecular weight excluding hydrogens is 372 g/mol. The fraction of sp³-hybridized carbons (Fsp3) is 0.0625. The number of nitrogens with two attached hydrogens (primary N) is 1. The molecule has 0 unspecified atom stereocenters. The first-order chi connectivity index (χ1) is 12.5. The minimum absolute atomic E-state index is 0.198. The number of nitrogens with one attached hydrogen (secondary N) is 5. The molecule has 26 heavy (non-hydrogen) atoms. The van der Waals surface area contributed by atoms with Crippen LogP contribution < -0.4 is 32.8 Å². The van der Waals surface area contributed by atoms with Crippen molar-refractivity contribution in [2.75, 3.05) is 17.2 Å². The Hall–Kier alpha value is -2.79. The molecule has 0 aliphatic heterocycles. The molecule has 138 valence electrons. The predicted molar refractivity (Wildman–Crippen MR) is 111 cm³/mol. The molecular formula is C16H20N6O2S2. The molecule has 0 aromatic heterocycles. The largest absolute Gasteiger partial charge is 0.480 e. The van der Waals surface area contributed by atoms with Gasteiger partial charge in [-0.1, -0.05) is 36.4 Å². The fourth-order valence-electron chi connectivity index (χ4n) is 1.57. The summed E-state index contributed by atoms with van der Waals surface area (Å²) >= 11 is 9.70. The second-order valence-corrected chi connectivity index (χ2v) is 5.47. The van der Waals surface area contributed by atoms with Crippen molar-refractivity contribution in [3.05, 3.63) is 60.7 Å². The summed E-state index contributed by atoms with van der Waals surface area (Å²) in [6, 6.07) is 18.9. The molecule has 0 atom stereocenters. The van der Waals surface area contributed by atoms with Gasteiger partial charge in [-0.2, -0.15) is 0 Å². The molecule has 8 N–H and O–H groups in total. The van der Waals surface area contributed by atoms with Crippen LogP contribution in [0, 0.1) is 0 Å². The quantitative estimate of drug-likeness (QED) is 0.228. The van der Waals surface area contributed by atoms with Crippen LogP contribution in [0.25, 0.3) is 0 Å². The lowest BCUT2D eigenvalue weighted by molar-refractivity contribution is -0.136. The van der Waals surface area contributed by atoms with E-state index in [0.29, 0.717) is 10.2 Å². The number of aliphatic carboxylic acids is 1. The molecule has 2 aromatic rings. The third-order valence-electron chi connectivity index (χ3n) is 2.64. The summed E-state index contributed by atoms with van der Waals surface area (Å²) in [6.45, 7) is -0.198. The van der Waals surface area contributed by atoms with Crippen molar-refractivity contribution in [3.8, 4) is 0 Å². The van der Waals surface area contributed by atoms with Crippen LogP contribution in [0.5, 0.6) is 0 Å². The Kier molecular flexibility index (Phi) is 10.3. The monoisotopic (exact) mass is 392 g/mol. The van der Waals surface area contributed by atoms with E-state index in [2.05, 4.69) is 26.9 Å². The molecule has 0 saturated carbocycles. The molecule has 0 heterocycles. The average molecular weight is 393 g/mol. The molecule has 0 amide bonds. The summed E-state index contributed by atoms with van der Waals surface area (Å²) in [5.74, 6) is 4.11. The van der Waals surface area contributed by atoms with Gasteiger partial charge >= 0.3 is 5.97 Å². The van der Waals surface area contributed by atoms with Gasteiger partial charge < -0.3 is 21.2 Å². The minimum Gasteiger partial charge on any atom is -0.480 e. The summed E-state index contributed by atoms with van der Waals surface area (Å²) in [4.78, 5) is 10.2. The summed E-state index contributed by atoms with van der Waals surface area (Å²) in [7, 11) is 0. The lowest BCUT2D eigenvalue weighted by Crippen LogP contribution is -2.42. The Morgan fingerprint density at radius 1 is 0.885 bits per heavy atom. The zero-order valence-corrected chi connectivity index (χ0v) is 15.4. The summed E-state index contributed by atoms with van der Waals surface area (Å²) in [5.41, 5.74) is 9.10. The van der Waals surface area contributed by atoms with Gasteiger partial charge in [-0.3, -0.25) is 10.2 Å².